The third kappa shape index (κ3) is 4.40. The van der Waals surface area contributed by atoms with Gasteiger partial charge in [0.05, 0.1) is 5.56 Å². The van der Waals surface area contributed by atoms with Crippen molar-refractivity contribution in [2.75, 3.05) is 31.1 Å². The van der Waals surface area contributed by atoms with E-state index in [-0.39, 0.29) is 17.4 Å². The summed E-state index contributed by atoms with van der Waals surface area (Å²) in [6.07, 6.45) is 2.40. The fraction of sp³-hybridized carbons (Fsp3) is 0.364. The van der Waals surface area contributed by atoms with E-state index in [9.17, 15) is 13.6 Å². The third-order valence-electron chi connectivity index (χ3n) is 5.22. The Balaban J connectivity index is 1.53. The summed E-state index contributed by atoms with van der Waals surface area (Å²) < 4.78 is 32.2. The van der Waals surface area contributed by atoms with Crippen molar-refractivity contribution < 1.29 is 18.1 Å². The van der Waals surface area contributed by atoms with E-state index in [1.807, 2.05) is 26.0 Å². The molecule has 0 unspecified atom stereocenters. The van der Waals surface area contributed by atoms with E-state index in [0.717, 1.165) is 17.7 Å². The molecule has 1 aromatic carbocycles. The molecule has 3 heterocycles. The molecular formula is C22H23F2N5O2. The number of nitrogens with zero attached hydrogens (tertiary/aromatic N) is 5. The summed E-state index contributed by atoms with van der Waals surface area (Å²) >= 11 is 0. The van der Waals surface area contributed by atoms with E-state index in [4.69, 9.17) is 4.52 Å². The van der Waals surface area contributed by atoms with Gasteiger partial charge in [-0.3, -0.25) is 4.79 Å². The van der Waals surface area contributed by atoms with Crippen LogP contribution in [0.25, 0.3) is 11.5 Å². The Hall–Kier alpha value is -3.36. The second kappa shape index (κ2) is 8.79. The van der Waals surface area contributed by atoms with Crippen molar-refractivity contribution in [1.82, 2.24) is 20.0 Å². The summed E-state index contributed by atoms with van der Waals surface area (Å²) in [7, 11) is 0. The lowest BCUT2D eigenvalue weighted by Gasteiger charge is -2.24. The molecule has 9 heteroatoms. The van der Waals surface area contributed by atoms with Crippen LogP contribution in [0.5, 0.6) is 0 Å². The van der Waals surface area contributed by atoms with E-state index >= 15 is 0 Å². The smallest absolute Gasteiger partial charge is 0.261 e. The van der Waals surface area contributed by atoms with Gasteiger partial charge in [-0.1, -0.05) is 19.0 Å². The van der Waals surface area contributed by atoms with Gasteiger partial charge < -0.3 is 14.3 Å². The lowest BCUT2D eigenvalue weighted by molar-refractivity contribution is 0.0766. The van der Waals surface area contributed by atoms with Gasteiger partial charge in [-0.25, -0.2) is 13.8 Å². The van der Waals surface area contributed by atoms with E-state index in [2.05, 4.69) is 20.0 Å². The van der Waals surface area contributed by atoms with E-state index < -0.39 is 11.6 Å². The van der Waals surface area contributed by atoms with Gasteiger partial charge in [0.1, 0.15) is 5.82 Å². The maximum absolute atomic E-state index is 13.5. The second-order valence-corrected chi connectivity index (χ2v) is 7.75. The summed E-state index contributed by atoms with van der Waals surface area (Å²) in [6, 6.07) is 6.92. The molecule has 0 saturated carbocycles. The quantitative estimate of drug-likeness (QED) is 0.629. The van der Waals surface area contributed by atoms with Crippen LogP contribution in [-0.2, 0) is 0 Å². The molecule has 1 aliphatic rings. The molecule has 0 bridgehead atoms. The number of benzene rings is 1. The number of hydrogen-bond donors (Lipinski definition) is 0. The molecule has 0 radical (unpaired) electrons. The topological polar surface area (TPSA) is 75.4 Å². The number of carbonyl (C=O) groups is 1. The van der Waals surface area contributed by atoms with Gasteiger partial charge in [-0.15, -0.1) is 0 Å². The second-order valence-electron chi connectivity index (χ2n) is 7.75. The number of hydrogen-bond acceptors (Lipinski definition) is 6. The number of carbonyl (C=O) groups excluding carboxylic acids is 1. The first kappa shape index (κ1) is 20.9. The van der Waals surface area contributed by atoms with Gasteiger partial charge in [0.2, 0.25) is 0 Å². The SMILES string of the molecule is CC(C)c1noc(-c2cccnc2N2CCCN(C(=O)c3ccc(F)c(F)c3)CC2)n1. The Morgan fingerprint density at radius 3 is 2.68 bits per heavy atom. The first-order valence-corrected chi connectivity index (χ1v) is 10.2. The van der Waals surface area contributed by atoms with E-state index in [1.165, 1.54) is 6.07 Å². The number of pyridine rings is 1. The monoisotopic (exact) mass is 427 g/mol. The highest BCUT2D eigenvalue weighted by molar-refractivity contribution is 5.94. The van der Waals surface area contributed by atoms with Crippen molar-refractivity contribution in [2.45, 2.75) is 26.2 Å². The van der Waals surface area contributed by atoms with Crippen molar-refractivity contribution in [3.05, 3.63) is 59.6 Å². The first-order valence-electron chi connectivity index (χ1n) is 10.2. The molecule has 0 spiro atoms. The number of halogens is 2. The van der Waals surface area contributed by atoms with Crippen molar-refractivity contribution in [3.8, 4) is 11.5 Å². The molecule has 1 aliphatic heterocycles. The van der Waals surface area contributed by atoms with Crippen LogP contribution >= 0.6 is 0 Å². The average molecular weight is 427 g/mol. The molecule has 31 heavy (non-hydrogen) atoms. The van der Waals surface area contributed by atoms with Crippen LogP contribution in [0.4, 0.5) is 14.6 Å². The lowest BCUT2D eigenvalue weighted by atomic mass is 10.2. The van der Waals surface area contributed by atoms with Crippen LogP contribution in [0, 0.1) is 11.6 Å². The average Bonchev–Trinajstić information content (AvgIpc) is 3.14. The largest absolute Gasteiger partial charge is 0.354 e. The molecule has 1 amide bonds. The summed E-state index contributed by atoms with van der Waals surface area (Å²) in [6.45, 7) is 6.13. The maximum Gasteiger partial charge on any atom is 0.261 e. The molecule has 3 aromatic rings. The number of rotatable bonds is 4. The molecule has 4 rings (SSSR count). The van der Waals surface area contributed by atoms with Crippen LogP contribution < -0.4 is 4.90 Å². The number of anilines is 1. The van der Waals surface area contributed by atoms with Gasteiger partial charge in [0.15, 0.2) is 17.5 Å². The number of aromatic nitrogens is 3. The molecule has 1 saturated heterocycles. The maximum atomic E-state index is 13.5. The predicted octanol–water partition coefficient (Wildman–Crippen LogP) is 3.89. The summed E-state index contributed by atoms with van der Waals surface area (Å²) in [4.78, 5) is 25.5. The van der Waals surface area contributed by atoms with Gasteiger partial charge in [0.25, 0.3) is 11.8 Å². The Labute approximate surface area is 178 Å². The molecule has 0 N–H and O–H groups in total. The van der Waals surface area contributed by atoms with Crippen LogP contribution in [0.15, 0.2) is 41.1 Å². The van der Waals surface area contributed by atoms with Crippen molar-refractivity contribution in [1.29, 1.82) is 0 Å². The minimum Gasteiger partial charge on any atom is -0.354 e. The summed E-state index contributed by atoms with van der Waals surface area (Å²) in [5.41, 5.74) is 0.875. The van der Waals surface area contributed by atoms with Gasteiger partial charge in [0, 0.05) is 43.9 Å². The van der Waals surface area contributed by atoms with Crippen LogP contribution in [0.2, 0.25) is 0 Å². The summed E-state index contributed by atoms with van der Waals surface area (Å²) in [5, 5.41) is 4.04. The minimum absolute atomic E-state index is 0.137. The molecule has 162 valence electrons. The zero-order valence-corrected chi connectivity index (χ0v) is 17.4. The van der Waals surface area contributed by atoms with Crippen LogP contribution in [0.3, 0.4) is 0 Å². The normalized spacial score (nSPS) is 14.7. The van der Waals surface area contributed by atoms with Crippen LogP contribution in [0.1, 0.15) is 42.4 Å². The van der Waals surface area contributed by atoms with Crippen molar-refractivity contribution in [2.24, 2.45) is 0 Å². The molecular weight excluding hydrogens is 404 g/mol. The van der Waals surface area contributed by atoms with E-state index in [0.29, 0.717) is 50.1 Å². The standard InChI is InChI=1S/C22H23F2N5O2/c1-14(2)19-26-21(31-27-19)16-5-3-8-25-20(16)28-9-4-10-29(12-11-28)22(30)15-6-7-17(23)18(24)13-15/h3,5-8,13-14H,4,9-12H2,1-2H3. The zero-order valence-electron chi connectivity index (χ0n) is 17.4. The van der Waals surface area contributed by atoms with Crippen molar-refractivity contribution >= 4 is 11.7 Å². The predicted molar refractivity (Wildman–Crippen MR) is 111 cm³/mol. The van der Waals surface area contributed by atoms with E-state index in [1.54, 1.807) is 11.1 Å². The fourth-order valence-corrected chi connectivity index (χ4v) is 3.54. The highest BCUT2D eigenvalue weighted by atomic mass is 19.2. The highest BCUT2D eigenvalue weighted by Gasteiger charge is 2.24. The zero-order chi connectivity index (χ0) is 22.0. The molecule has 2 aromatic heterocycles. The highest BCUT2D eigenvalue weighted by Crippen LogP contribution is 2.29. The Morgan fingerprint density at radius 1 is 1.10 bits per heavy atom. The first-order chi connectivity index (χ1) is 14.9. The van der Waals surface area contributed by atoms with Gasteiger partial charge in [-0.2, -0.15) is 4.98 Å². The van der Waals surface area contributed by atoms with Gasteiger partial charge in [-0.05, 0) is 36.8 Å². The van der Waals surface area contributed by atoms with Crippen LogP contribution in [-0.4, -0.2) is 52.1 Å². The molecule has 7 nitrogen and oxygen atoms in total. The Bertz CT molecular complexity index is 1090. The third-order valence-corrected chi connectivity index (χ3v) is 5.22. The molecule has 0 aliphatic carbocycles. The van der Waals surface area contributed by atoms with Crippen molar-refractivity contribution in [3.63, 3.8) is 0 Å². The Kier molecular flexibility index (Phi) is 5.92. The number of amides is 1. The molecule has 0 atom stereocenters. The Morgan fingerprint density at radius 2 is 1.94 bits per heavy atom. The fourth-order valence-electron chi connectivity index (χ4n) is 3.54. The molecule has 1 fully saturated rings. The van der Waals surface area contributed by atoms with Gasteiger partial charge >= 0.3 is 0 Å². The summed E-state index contributed by atoms with van der Waals surface area (Å²) in [5.74, 6) is -0.422. The minimum atomic E-state index is -1.03. The lowest BCUT2D eigenvalue weighted by Crippen LogP contribution is -2.35.